The van der Waals surface area contributed by atoms with Gasteiger partial charge in [0.15, 0.2) is 5.76 Å². The van der Waals surface area contributed by atoms with Crippen molar-refractivity contribution in [3.05, 3.63) is 23.4 Å². The Bertz CT molecular complexity index is 526. The van der Waals surface area contributed by atoms with Gasteiger partial charge in [0.1, 0.15) is 0 Å². The first-order chi connectivity index (χ1) is 8.92. The Morgan fingerprint density at radius 2 is 2.00 bits per heavy atom. The molecule has 0 fully saturated rings. The molecule has 19 heavy (non-hydrogen) atoms. The SMILES string of the molecule is Cc1cc(CNc2nnc(CNC(C)(C)C)o2)on1. The maximum Gasteiger partial charge on any atom is 0.315 e. The summed E-state index contributed by atoms with van der Waals surface area (Å²) in [6.07, 6.45) is 0. The molecule has 0 aliphatic carbocycles. The molecule has 0 amide bonds. The van der Waals surface area contributed by atoms with E-state index in [1.165, 1.54) is 0 Å². The van der Waals surface area contributed by atoms with E-state index in [1.807, 2.05) is 13.0 Å². The van der Waals surface area contributed by atoms with Crippen molar-refractivity contribution in [1.82, 2.24) is 20.7 Å². The van der Waals surface area contributed by atoms with Crippen molar-refractivity contribution < 1.29 is 8.94 Å². The summed E-state index contributed by atoms with van der Waals surface area (Å²) >= 11 is 0. The highest BCUT2D eigenvalue weighted by Gasteiger charge is 2.12. The van der Waals surface area contributed by atoms with Gasteiger partial charge in [-0.25, -0.2) is 0 Å². The molecule has 0 atom stereocenters. The number of aryl methyl sites for hydroxylation is 1. The molecule has 2 aromatic rings. The average molecular weight is 265 g/mol. The summed E-state index contributed by atoms with van der Waals surface area (Å²) in [6, 6.07) is 2.23. The van der Waals surface area contributed by atoms with Crippen LogP contribution in [0.1, 0.15) is 38.1 Å². The van der Waals surface area contributed by atoms with E-state index in [-0.39, 0.29) is 5.54 Å². The zero-order valence-electron chi connectivity index (χ0n) is 11.6. The van der Waals surface area contributed by atoms with Gasteiger partial charge in [0.2, 0.25) is 5.89 Å². The van der Waals surface area contributed by atoms with Gasteiger partial charge in [0, 0.05) is 11.6 Å². The first-order valence-corrected chi connectivity index (χ1v) is 6.16. The van der Waals surface area contributed by atoms with Crippen LogP contribution in [0.25, 0.3) is 0 Å². The normalized spacial score (nSPS) is 11.8. The summed E-state index contributed by atoms with van der Waals surface area (Å²) in [7, 11) is 0. The maximum atomic E-state index is 5.45. The van der Waals surface area contributed by atoms with Crippen LogP contribution >= 0.6 is 0 Å². The van der Waals surface area contributed by atoms with Crippen LogP contribution in [-0.2, 0) is 13.1 Å². The Kier molecular flexibility index (Phi) is 3.84. The molecule has 0 spiro atoms. The van der Waals surface area contributed by atoms with Crippen molar-refractivity contribution in [3.8, 4) is 0 Å². The number of anilines is 1. The Morgan fingerprint density at radius 1 is 1.21 bits per heavy atom. The molecule has 0 bridgehead atoms. The molecule has 0 radical (unpaired) electrons. The molecule has 0 saturated heterocycles. The summed E-state index contributed by atoms with van der Waals surface area (Å²) in [5, 5.41) is 17.9. The van der Waals surface area contributed by atoms with Gasteiger partial charge < -0.3 is 19.6 Å². The minimum Gasteiger partial charge on any atom is -0.407 e. The van der Waals surface area contributed by atoms with Crippen molar-refractivity contribution in [2.45, 2.75) is 46.3 Å². The number of rotatable bonds is 5. The summed E-state index contributed by atoms with van der Waals surface area (Å²) < 4.78 is 10.5. The van der Waals surface area contributed by atoms with Crippen LogP contribution in [0.4, 0.5) is 6.01 Å². The van der Waals surface area contributed by atoms with Gasteiger partial charge >= 0.3 is 6.01 Å². The van der Waals surface area contributed by atoms with Gasteiger partial charge in [0.05, 0.1) is 18.8 Å². The van der Waals surface area contributed by atoms with Crippen LogP contribution < -0.4 is 10.6 Å². The lowest BCUT2D eigenvalue weighted by Crippen LogP contribution is -2.35. The molecular formula is C12H19N5O2. The van der Waals surface area contributed by atoms with Gasteiger partial charge in [-0.05, 0) is 27.7 Å². The van der Waals surface area contributed by atoms with E-state index in [4.69, 9.17) is 8.94 Å². The summed E-state index contributed by atoms with van der Waals surface area (Å²) in [6.45, 7) is 9.11. The number of nitrogens with zero attached hydrogens (tertiary/aromatic N) is 3. The number of hydrogen-bond acceptors (Lipinski definition) is 7. The first-order valence-electron chi connectivity index (χ1n) is 6.16. The second-order valence-corrected chi connectivity index (χ2v) is 5.39. The predicted molar refractivity (Wildman–Crippen MR) is 69.5 cm³/mol. The second-order valence-electron chi connectivity index (χ2n) is 5.39. The van der Waals surface area contributed by atoms with Crippen LogP contribution in [0.3, 0.4) is 0 Å². The number of aromatic nitrogens is 3. The van der Waals surface area contributed by atoms with E-state index in [9.17, 15) is 0 Å². The Morgan fingerprint density at radius 3 is 2.63 bits per heavy atom. The fourth-order valence-corrected chi connectivity index (χ4v) is 1.40. The lowest BCUT2D eigenvalue weighted by molar-refractivity contribution is 0.377. The van der Waals surface area contributed by atoms with Crippen molar-refractivity contribution in [2.24, 2.45) is 0 Å². The molecule has 0 aromatic carbocycles. The van der Waals surface area contributed by atoms with Crippen LogP contribution in [-0.4, -0.2) is 20.9 Å². The molecular weight excluding hydrogens is 246 g/mol. The monoisotopic (exact) mass is 265 g/mol. The summed E-state index contributed by atoms with van der Waals surface area (Å²) in [4.78, 5) is 0. The molecule has 7 nitrogen and oxygen atoms in total. The van der Waals surface area contributed by atoms with Gasteiger partial charge in [0.25, 0.3) is 0 Å². The van der Waals surface area contributed by atoms with Crippen LogP contribution in [0.15, 0.2) is 15.0 Å². The third-order valence-electron chi connectivity index (χ3n) is 2.33. The molecule has 0 aliphatic heterocycles. The Labute approximate surface area is 111 Å². The minimum absolute atomic E-state index is 0.0133. The van der Waals surface area contributed by atoms with E-state index < -0.39 is 0 Å². The van der Waals surface area contributed by atoms with E-state index >= 15 is 0 Å². The average Bonchev–Trinajstić information content (AvgIpc) is 2.92. The summed E-state index contributed by atoms with van der Waals surface area (Å²) in [5.74, 6) is 1.27. The highest BCUT2D eigenvalue weighted by Crippen LogP contribution is 2.10. The van der Waals surface area contributed by atoms with Crippen LogP contribution in [0.5, 0.6) is 0 Å². The van der Waals surface area contributed by atoms with Gasteiger partial charge in [-0.15, -0.1) is 5.10 Å². The molecule has 0 saturated carbocycles. The van der Waals surface area contributed by atoms with Gasteiger partial charge in [-0.3, -0.25) is 0 Å². The smallest absolute Gasteiger partial charge is 0.315 e. The topological polar surface area (TPSA) is 89.0 Å². The Balaban J connectivity index is 1.84. The predicted octanol–water partition coefficient (Wildman–Crippen LogP) is 1.87. The first kappa shape index (κ1) is 13.5. The molecule has 2 rings (SSSR count). The second kappa shape index (κ2) is 5.40. The largest absolute Gasteiger partial charge is 0.407 e. The fourth-order valence-electron chi connectivity index (χ4n) is 1.40. The Hall–Kier alpha value is -1.89. The van der Waals surface area contributed by atoms with Crippen molar-refractivity contribution in [1.29, 1.82) is 0 Å². The molecule has 104 valence electrons. The van der Waals surface area contributed by atoms with Crippen molar-refractivity contribution in [3.63, 3.8) is 0 Å². The zero-order valence-corrected chi connectivity index (χ0v) is 11.6. The van der Waals surface area contributed by atoms with Crippen molar-refractivity contribution >= 4 is 6.01 Å². The van der Waals surface area contributed by atoms with E-state index in [0.717, 1.165) is 11.5 Å². The van der Waals surface area contributed by atoms with Crippen LogP contribution in [0, 0.1) is 6.92 Å². The van der Waals surface area contributed by atoms with Crippen LogP contribution in [0.2, 0.25) is 0 Å². The molecule has 0 aliphatic rings. The lowest BCUT2D eigenvalue weighted by atomic mass is 10.1. The van der Waals surface area contributed by atoms with Gasteiger partial charge in [-0.1, -0.05) is 10.3 Å². The zero-order chi connectivity index (χ0) is 13.9. The molecule has 2 N–H and O–H groups in total. The van der Waals surface area contributed by atoms with E-state index in [0.29, 0.717) is 25.0 Å². The highest BCUT2D eigenvalue weighted by atomic mass is 16.5. The van der Waals surface area contributed by atoms with Crippen molar-refractivity contribution in [2.75, 3.05) is 5.32 Å². The molecule has 0 unspecified atom stereocenters. The fraction of sp³-hybridized carbons (Fsp3) is 0.583. The number of hydrogen-bond donors (Lipinski definition) is 2. The highest BCUT2D eigenvalue weighted by molar-refractivity contribution is 5.19. The minimum atomic E-state index is 0.0133. The van der Waals surface area contributed by atoms with Gasteiger partial charge in [-0.2, -0.15) is 0 Å². The molecule has 2 heterocycles. The molecule has 7 heteroatoms. The third-order valence-corrected chi connectivity index (χ3v) is 2.33. The maximum absolute atomic E-state index is 5.45. The van der Waals surface area contributed by atoms with E-state index in [1.54, 1.807) is 0 Å². The number of nitrogens with one attached hydrogen (secondary N) is 2. The lowest BCUT2D eigenvalue weighted by Gasteiger charge is -2.18. The van der Waals surface area contributed by atoms with E-state index in [2.05, 4.69) is 46.8 Å². The molecule has 2 aromatic heterocycles. The third kappa shape index (κ3) is 4.36. The standard InChI is InChI=1S/C12H19N5O2/c1-8-5-9(19-17-8)6-13-11-16-15-10(18-11)7-14-12(2,3)4/h5,14H,6-7H2,1-4H3,(H,13,16). The quantitative estimate of drug-likeness (QED) is 0.852. The summed E-state index contributed by atoms with van der Waals surface area (Å²) in [5.41, 5.74) is 0.858.